The van der Waals surface area contributed by atoms with Gasteiger partial charge in [0.15, 0.2) is 5.65 Å². The van der Waals surface area contributed by atoms with Crippen LogP contribution in [0.3, 0.4) is 0 Å². The molecule has 0 bridgehead atoms. The summed E-state index contributed by atoms with van der Waals surface area (Å²) in [6.07, 6.45) is 2.49. The summed E-state index contributed by atoms with van der Waals surface area (Å²) in [5.41, 5.74) is 1.92. The fourth-order valence-electron chi connectivity index (χ4n) is 1.87. The SMILES string of the molecule is Clc1cccc(CCOc2ccc3ncc(Br)n3n2)c1. The Hall–Kier alpha value is -1.59. The largest absolute Gasteiger partial charge is 0.476 e. The van der Waals surface area contributed by atoms with Crippen LogP contribution in [0.5, 0.6) is 5.88 Å². The van der Waals surface area contributed by atoms with Crippen molar-refractivity contribution in [2.45, 2.75) is 6.42 Å². The van der Waals surface area contributed by atoms with Crippen LogP contribution in [0.25, 0.3) is 5.65 Å². The van der Waals surface area contributed by atoms with Gasteiger partial charge in [-0.25, -0.2) is 9.50 Å². The highest BCUT2D eigenvalue weighted by Crippen LogP contribution is 2.15. The lowest BCUT2D eigenvalue weighted by atomic mass is 10.2. The second-order valence-corrected chi connectivity index (χ2v) is 5.50. The molecule has 0 N–H and O–H groups in total. The number of fused-ring (bicyclic) bond motifs is 1. The molecule has 6 heteroatoms. The van der Waals surface area contributed by atoms with Crippen molar-refractivity contribution in [3.63, 3.8) is 0 Å². The zero-order valence-corrected chi connectivity index (χ0v) is 12.8. The van der Waals surface area contributed by atoms with Crippen LogP contribution in [0.15, 0.2) is 47.2 Å². The average molecular weight is 353 g/mol. The van der Waals surface area contributed by atoms with E-state index in [1.165, 1.54) is 0 Å². The quantitative estimate of drug-likeness (QED) is 0.717. The van der Waals surface area contributed by atoms with E-state index in [1.54, 1.807) is 10.7 Å². The Bertz CT molecular complexity index is 744. The van der Waals surface area contributed by atoms with Crippen LogP contribution in [0, 0.1) is 0 Å². The summed E-state index contributed by atoms with van der Waals surface area (Å²) in [6.45, 7) is 0.547. The van der Waals surface area contributed by atoms with Gasteiger partial charge in [0, 0.05) is 17.5 Å². The molecule has 0 saturated heterocycles. The monoisotopic (exact) mass is 351 g/mol. The predicted octanol–water partition coefficient (Wildman–Crippen LogP) is 3.77. The van der Waals surface area contributed by atoms with Gasteiger partial charge < -0.3 is 4.74 Å². The number of rotatable bonds is 4. The lowest BCUT2D eigenvalue weighted by Gasteiger charge is -2.06. The smallest absolute Gasteiger partial charge is 0.231 e. The molecule has 0 radical (unpaired) electrons. The first-order chi connectivity index (χ1) is 9.72. The highest BCUT2D eigenvalue weighted by molar-refractivity contribution is 9.10. The minimum absolute atomic E-state index is 0.547. The standard InChI is InChI=1S/C14H11BrClN3O/c15-12-9-17-13-4-5-14(18-19(12)13)20-7-6-10-2-1-3-11(16)8-10/h1-5,8-9H,6-7H2. The Morgan fingerprint density at radius 3 is 3.00 bits per heavy atom. The molecule has 0 aliphatic heterocycles. The molecule has 4 nitrogen and oxygen atoms in total. The van der Waals surface area contributed by atoms with Crippen LogP contribution in [0.1, 0.15) is 5.56 Å². The number of imidazole rings is 1. The van der Waals surface area contributed by atoms with Gasteiger partial charge in [-0.2, -0.15) is 0 Å². The Labute approximate surface area is 129 Å². The average Bonchev–Trinajstić information content (AvgIpc) is 2.80. The van der Waals surface area contributed by atoms with Crippen molar-refractivity contribution in [1.82, 2.24) is 14.6 Å². The molecule has 2 aromatic heterocycles. The van der Waals surface area contributed by atoms with E-state index in [4.69, 9.17) is 16.3 Å². The Kier molecular flexibility index (Phi) is 3.89. The third kappa shape index (κ3) is 2.94. The summed E-state index contributed by atoms with van der Waals surface area (Å²) >= 11 is 9.32. The molecule has 0 aliphatic rings. The van der Waals surface area contributed by atoms with Crippen molar-refractivity contribution >= 4 is 33.2 Å². The van der Waals surface area contributed by atoms with E-state index in [1.807, 2.05) is 36.4 Å². The van der Waals surface area contributed by atoms with Crippen molar-refractivity contribution in [1.29, 1.82) is 0 Å². The van der Waals surface area contributed by atoms with Crippen molar-refractivity contribution in [2.24, 2.45) is 0 Å². The molecule has 3 aromatic rings. The lowest BCUT2D eigenvalue weighted by Crippen LogP contribution is -2.04. The summed E-state index contributed by atoms with van der Waals surface area (Å²) in [5.74, 6) is 0.568. The molecule has 1 aromatic carbocycles. The molecular formula is C14H11BrClN3O. The minimum atomic E-state index is 0.547. The first-order valence-corrected chi connectivity index (χ1v) is 7.27. The lowest BCUT2D eigenvalue weighted by molar-refractivity contribution is 0.304. The third-order valence-electron chi connectivity index (χ3n) is 2.83. The zero-order chi connectivity index (χ0) is 13.9. The third-order valence-corrected chi connectivity index (χ3v) is 3.60. The van der Waals surface area contributed by atoms with Crippen molar-refractivity contribution < 1.29 is 4.74 Å². The molecular weight excluding hydrogens is 342 g/mol. The molecule has 20 heavy (non-hydrogen) atoms. The summed E-state index contributed by atoms with van der Waals surface area (Å²) in [5, 5.41) is 5.08. The fourth-order valence-corrected chi connectivity index (χ4v) is 2.45. The van der Waals surface area contributed by atoms with Gasteiger partial charge in [0.1, 0.15) is 4.60 Å². The molecule has 0 aliphatic carbocycles. The molecule has 3 rings (SSSR count). The highest BCUT2D eigenvalue weighted by Gasteiger charge is 2.04. The van der Waals surface area contributed by atoms with Gasteiger partial charge in [-0.3, -0.25) is 0 Å². The van der Waals surface area contributed by atoms with Crippen molar-refractivity contribution in [3.05, 3.63) is 57.8 Å². The van der Waals surface area contributed by atoms with Crippen molar-refractivity contribution in [3.8, 4) is 5.88 Å². The molecule has 0 saturated carbocycles. The van der Waals surface area contributed by atoms with E-state index < -0.39 is 0 Å². The number of aromatic nitrogens is 3. The van der Waals surface area contributed by atoms with E-state index in [0.29, 0.717) is 12.5 Å². The number of halogens is 2. The number of hydrogen-bond acceptors (Lipinski definition) is 3. The second kappa shape index (κ2) is 5.81. The Balaban J connectivity index is 1.66. The number of benzene rings is 1. The van der Waals surface area contributed by atoms with Gasteiger partial charge in [0.05, 0.1) is 12.8 Å². The molecule has 0 spiro atoms. The van der Waals surface area contributed by atoms with E-state index in [9.17, 15) is 0 Å². The number of ether oxygens (including phenoxy) is 1. The summed E-state index contributed by atoms with van der Waals surface area (Å²) < 4.78 is 8.15. The number of hydrogen-bond donors (Lipinski definition) is 0. The maximum absolute atomic E-state index is 5.94. The second-order valence-electron chi connectivity index (χ2n) is 4.25. The van der Waals surface area contributed by atoms with Crippen LogP contribution >= 0.6 is 27.5 Å². The van der Waals surface area contributed by atoms with Crippen LogP contribution in [-0.4, -0.2) is 21.2 Å². The summed E-state index contributed by atoms with van der Waals surface area (Å²) in [7, 11) is 0. The zero-order valence-electron chi connectivity index (χ0n) is 10.5. The number of nitrogens with zero attached hydrogens (tertiary/aromatic N) is 3. The van der Waals surface area contributed by atoms with Crippen LogP contribution in [0.4, 0.5) is 0 Å². The van der Waals surface area contributed by atoms with Crippen LogP contribution in [0.2, 0.25) is 5.02 Å². The highest BCUT2D eigenvalue weighted by atomic mass is 79.9. The molecule has 0 fully saturated rings. The van der Waals surface area contributed by atoms with Gasteiger partial charge in [0.2, 0.25) is 5.88 Å². The maximum atomic E-state index is 5.94. The molecule has 102 valence electrons. The topological polar surface area (TPSA) is 39.4 Å². The predicted molar refractivity (Wildman–Crippen MR) is 81.3 cm³/mol. The van der Waals surface area contributed by atoms with Gasteiger partial charge in [-0.15, -0.1) is 5.10 Å². The Morgan fingerprint density at radius 2 is 2.15 bits per heavy atom. The van der Waals surface area contributed by atoms with E-state index in [0.717, 1.165) is 27.3 Å². The first kappa shape index (κ1) is 13.4. The summed E-state index contributed by atoms with van der Waals surface area (Å²) in [4.78, 5) is 4.18. The van der Waals surface area contributed by atoms with Gasteiger partial charge in [-0.1, -0.05) is 23.7 Å². The molecule has 0 atom stereocenters. The van der Waals surface area contributed by atoms with E-state index in [-0.39, 0.29) is 0 Å². The van der Waals surface area contributed by atoms with Crippen molar-refractivity contribution in [2.75, 3.05) is 6.61 Å². The minimum Gasteiger partial charge on any atom is -0.476 e. The molecule has 2 heterocycles. The van der Waals surface area contributed by atoms with E-state index >= 15 is 0 Å². The Morgan fingerprint density at radius 1 is 1.25 bits per heavy atom. The van der Waals surface area contributed by atoms with E-state index in [2.05, 4.69) is 26.0 Å². The fraction of sp³-hybridized carbons (Fsp3) is 0.143. The first-order valence-electron chi connectivity index (χ1n) is 6.10. The summed E-state index contributed by atoms with van der Waals surface area (Å²) in [6, 6.07) is 11.4. The maximum Gasteiger partial charge on any atom is 0.231 e. The normalized spacial score (nSPS) is 10.9. The van der Waals surface area contributed by atoms with Gasteiger partial charge in [-0.05, 0) is 39.7 Å². The van der Waals surface area contributed by atoms with Gasteiger partial charge in [0.25, 0.3) is 0 Å². The molecule has 0 unspecified atom stereocenters. The van der Waals surface area contributed by atoms with Crippen LogP contribution < -0.4 is 4.74 Å². The molecule has 0 amide bonds. The van der Waals surface area contributed by atoms with Crippen LogP contribution in [-0.2, 0) is 6.42 Å². The van der Waals surface area contributed by atoms with Gasteiger partial charge >= 0.3 is 0 Å².